The molecule has 0 aliphatic heterocycles. The van der Waals surface area contributed by atoms with Crippen LogP contribution in [-0.2, 0) is 0 Å². The summed E-state index contributed by atoms with van der Waals surface area (Å²) in [4.78, 5) is 9.78. The molecule has 12 heavy (non-hydrogen) atoms. The Balaban J connectivity index is 3.00. The van der Waals surface area contributed by atoms with Gasteiger partial charge < -0.3 is 9.68 Å². The minimum atomic E-state index is -0.565. The van der Waals surface area contributed by atoms with Crippen LogP contribution in [0.1, 0.15) is 0 Å². The second kappa shape index (κ2) is 3.73. The molecule has 0 aliphatic rings. The molecule has 0 unspecified atom stereocenters. The fourth-order valence-electron chi connectivity index (χ4n) is 0.800. The van der Waals surface area contributed by atoms with E-state index in [9.17, 15) is 10.1 Å². The summed E-state index contributed by atoms with van der Waals surface area (Å²) >= 11 is 0. The first-order valence-corrected chi connectivity index (χ1v) is 3.23. The number of rotatable bonds is 3. The van der Waals surface area contributed by atoms with Crippen molar-refractivity contribution in [3.8, 4) is 5.75 Å². The van der Waals surface area contributed by atoms with Crippen molar-refractivity contribution in [2.45, 2.75) is 0 Å². The topological polar surface area (TPSA) is 72.6 Å². The van der Waals surface area contributed by atoms with Gasteiger partial charge in [0.05, 0.1) is 4.92 Å². The molecule has 0 spiro atoms. The summed E-state index contributed by atoms with van der Waals surface area (Å²) in [5.41, 5.74) is -0.147. The Labute approximate surface area is 69.0 Å². The van der Waals surface area contributed by atoms with Crippen LogP contribution in [0.3, 0.4) is 0 Å². The smallest absolute Gasteiger partial charge is 0.504 e. The molecule has 0 heterocycles. The molecule has 0 atom stereocenters. The van der Waals surface area contributed by atoms with Crippen molar-refractivity contribution < 1.29 is 14.6 Å². The normalized spacial score (nSPS) is 9.08. The minimum absolute atomic E-state index is 0.0741. The van der Waals surface area contributed by atoms with Gasteiger partial charge in [-0.1, -0.05) is 12.1 Å². The van der Waals surface area contributed by atoms with Crippen LogP contribution in [0.15, 0.2) is 24.3 Å². The van der Waals surface area contributed by atoms with E-state index in [-0.39, 0.29) is 11.4 Å². The van der Waals surface area contributed by atoms with E-state index >= 15 is 0 Å². The highest BCUT2D eigenvalue weighted by molar-refractivity contribution is 6.17. The van der Waals surface area contributed by atoms with E-state index in [0.717, 1.165) is 0 Å². The maximum absolute atomic E-state index is 10.3. The van der Waals surface area contributed by atoms with Crippen molar-refractivity contribution in [2.75, 3.05) is 0 Å². The molecule has 0 fully saturated rings. The van der Waals surface area contributed by atoms with E-state index in [1.54, 1.807) is 6.07 Å². The van der Waals surface area contributed by atoms with Gasteiger partial charge in [0.25, 0.3) is 0 Å². The van der Waals surface area contributed by atoms with E-state index in [4.69, 9.17) is 5.02 Å². The molecule has 1 N–H and O–H groups in total. The molecule has 0 bridgehead atoms. The summed E-state index contributed by atoms with van der Waals surface area (Å²) < 4.78 is 4.61. The molecule has 0 aromatic heterocycles. The predicted octanol–water partition coefficient (Wildman–Crippen LogP) is 0.232. The van der Waals surface area contributed by atoms with Crippen molar-refractivity contribution in [1.82, 2.24) is 0 Å². The van der Waals surface area contributed by atoms with E-state index < -0.39 is 12.6 Å². The zero-order chi connectivity index (χ0) is 8.97. The summed E-state index contributed by atoms with van der Waals surface area (Å²) in [6, 6.07) is 5.86. The third kappa shape index (κ3) is 1.73. The average molecular weight is 167 g/mol. The number of nitro benzene ring substituents is 1. The summed E-state index contributed by atoms with van der Waals surface area (Å²) in [5.74, 6) is 0.0741. The second-order valence-electron chi connectivity index (χ2n) is 2.00. The monoisotopic (exact) mass is 167 g/mol. The molecule has 1 aromatic carbocycles. The standard InChI is InChI=1S/C6H6BNO4/c9-7-12-6-4-2-1-3-5(6)8(10)11/h1-4,7,9H. The molecule has 1 aromatic rings. The van der Waals surface area contributed by atoms with E-state index in [2.05, 4.69) is 4.65 Å². The van der Waals surface area contributed by atoms with Gasteiger partial charge in [-0.25, -0.2) is 0 Å². The zero-order valence-corrected chi connectivity index (χ0v) is 6.14. The number of benzene rings is 1. The summed E-state index contributed by atoms with van der Waals surface area (Å²) in [5, 5.41) is 18.7. The van der Waals surface area contributed by atoms with Crippen molar-refractivity contribution in [3.63, 3.8) is 0 Å². The summed E-state index contributed by atoms with van der Waals surface area (Å²) in [6.07, 6.45) is 0. The molecular weight excluding hydrogens is 161 g/mol. The van der Waals surface area contributed by atoms with E-state index in [0.29, 0.717) is 0 Å². The van der Waals surface area contributed by atoms with Crippen LogP contribution in [0.4, 0.5) is 5.69 Å². The van der Waals surface area contributed by atoms with E-state index in [1.165, 1.54) is 18.2 Å². The maximum atomic E-state index is 10.3. The van der Waals surface area contributed by atoms with Crippen molar-refractivity contribution in [1.29, 1.82) is 0 Å². The molecule has 0 saturated carbocycles. The SMILES string of the molecule is O=[N+]([O-])c1ccccc1OBO. The first kappa shape index (κ1) is 8.54. The Morgan fingerprint density at radius 3 is 2.75 bits per heavy atom. The lowest BCUT2D eigenvalue weighted by molar-refractivity contribution is -0.385. The predicted molar refractivity (Wildman–Crippen MR) is 43.1 cm³/mol. The number of nitrogens with zero attached hydrogens (tertiary/aromatic N) is 1. The van der Waals surface area contributed by atoms with Crippen LogP contribution < -0.4 is 4.65 Å². The quantitative estimate of drug-likeness (QED) is 0.397. The highest BCUT2D eigenvalue weighted by Gasteiger charge is 2.12. The van der Waals surface area contributed by atoms with Crippen molar-refractivity contribution >= 4 is 13.4 Å². The molecule has 0 amide bonds. The second-order valence-corrected chi connectivity index (χ2v) is 2.00. The third-order valence-electron chi connectivity index (χ3n) is 1.28. The van der Waals surface area contributed by atoms with Gasteiger partial charge >= 0.3 is 13.4 Å². The Hall–Kier alpha value is -1.56. The van der Waals surface area contributed by atoms with Crippen LogP contribution in [0.2, 0.25) is 0 Å². The number of hydrogen-bond donors (Lipinski definition) is 1. The molecule has 1 rings (SSSR count). The molecule has 0 aliphatic carbocycles. The summed E-state index contributed by atoms with van der Waals surface area (Å²) in [7, 11) is -0.565. The molecule has 6 heteroatoms. The maximum Gasteiger partial charge on any atom is 0.504 e. The largest absolute Gasteiger partial charge is 0.534 e. The highest BCUT2D eigenvalue weighted by atomic mass is 16.6. The van der Waals surface area contributed by atoms with Crippen LogP contribution in [0, 0.1) is 10.1 Å². The van der Waals surface area contributed by atoms with E-state index in [1.807, 2.05) is 0 Å². The fraction of sp³-hybridized carbons (Fsp3) is 0. The van der Waals surface area contributed by atoms with Gasteiger partial charge in [0, 0.05) is 6.07 Å². The average Bonchev–Trinajstić information content (AvgIpc) is 2.05. The zero-order valence-electron chi connectivity index (χ0n) is 6.14. The van der Waals surface area contributed by atoms with Gasteiger partial charge in [0.2, 0.25) is 0 Å². The van der Waals surface area contributed by atoms with Gasteiger partial charge in [0.15, 0.2) is 5.75 Å². The lowest BCUT2D eigenvalue weighted by Gasteiger charge is -2.00. The van der Waals surface area contributed by atoms with Crippen LogP contribution in [0.5, 0.6) is 5.75 Å². The summed E-state index contributed by atoms with van der Waals surface area (Å²) in [6.45, 7) is 0. The first-order chi connectivity index (χ1) is 5.75. The van der Waals surface area contributed by atoms with Gasteiger partial charge in [0.1, 0.15) is 0 Å². The van der Waals surface area contributed by atoms with Crippen molar-refractivity contribution in [3.05, 3.63) is 34.4 Å². The van der Waals surface area contributed by atoms with Crippen LogP contribution in [0.25, 0.3) is 0 Å². The molecule has 5 nitrogen and oxygen atoms in total. The fourth-order valence-corrected chi connectivity index (χ4v) is 0.800. The lowest BCUT2D eigenvalue weighted by Crippen LogP contribution is -2.02. The molecule has 0 radical (unpaired) electrons. The number of nitro groups is 1. The third-order valence-corrected chi connectivity index (χ3v) is 1.28. The molecular formula is C6H6BNO4. The van der Waals surface area contributed by atoms with Gasteiger partial charge in [-0.05, 0) is 6.07 Å². The van der Waals surface area contributed by atoms with Gasteiger partial charge in [-0.2, -0.15) is 0 Å². The molecule has 0 saturated heterocycles. The highest BCUT2D eigenvalue weighted by Crippen LogP contribution is 2.24. The van der Waals surface area contributed by atoms with Crippen LogP contribution in [-0.4, -0.2) is 17.6 Å². The van der Waals surface area contributed by atoms with Crippen LogP contribution >= 0.6 is 0 Å². The van der Waals surface area contributed by atoms with Gasteiger partial charge in [-0.3, -0.25) is 10.1 Å². The Kier molecular flexibility index (Phi) is 2.65. The minimum Gasteiger partial charge on any atom is -0.534 e. The number of para-hydroxylation sites is 2. The Bertz CT molecular complexity index is 291. The Morgan fingerprint density at radius 1 is 1.50 bits per heavy atom. The number of hydrogen-bond acceptors (Lipinski definition) is 4. The first-order valence-electron chi connectivity index (χ1n) is 3.23. The van der Waals surface area contributed by atoms with Crippen molar-refractivity contribution in [2.24, 2.45) is 0 Å². The molecule has 62 valence electrons. The Morgan fingerprint density at radius 2 is 2.17 bits per heavy atom. The van der Waals surface area contributed by atoms with Gasteiger partial charge in [-0.15, -0.1) is 0 Å². The lowest BCUT2D eigenvalue weighted by atomic mass is 10.3.